The predicted molar refractivity (Wildman–Crippen MR) is 41.4 cm³/mol. The van der Waals surface area contributed by atoms with Gasteiger partial charge in [-0.3, -0.25) is 0 Å². The molecule has 2 rings (SSSR count). The molecule has 2 heteroatoms. The quantitative estimate of drug-likeness (QED) is 0.577. The van der Waals surface area contributed by atoms with Crippen LogP contribution in [0.15, 0.2) is 36.4 Å². The molecule has 0 fully saturated rings. The second-order valence-corrected chi connectivity index (χ2v) is 4.02. The molecule has 1 heterocycles. The molecule has 0 N–H and O–H groups in total. The van der Waals surface area contributed by atoms with Gasteiger partial charge in [-0.1, -0.05) is 0 Å². The molecule has 0 amide bonds. The fourth-order valence-electron chi connectivity index (χ4n) is 1.11. The summed E-state index contributed by atoms with van der Waals surface area (Å²) in [6.07, 6.45) is 0. The van der Waals surface area contributed by atoms with E-state index in [-0.39, 0.29) is 0 Å². The van der Waals surface area contributed by atoms with Crippen LogP contribution in [0.5, 0.6) is 0 Å². The fraction of sp³-hybridized carbons (Fsp3) is 0. The van der Waals surface area contributed by atoms with E-state index in [4.69, 9.17) is 0 Å². The first kappa shape index (κ1) is 6.93. The van der Waals surface area contributed by atoms with Gasteiger partial charge >= 0.3 is 74.9 Å². The topological polar surface area (TPSA) is 12.9 Å². The van der Waals surface area contributed by atoms with E-state index < -0.39 is 0 Å². The number of hydrogen-bond acceptors (Lipinski definition) is 1. The van der Waals surface area contributed by atoms with Crippen LogP contribution in [0.4, 0.5) is 0 Å². The molecule has 0 aliphatic heterocycles. The van der Waals surface area contributed by atoms with E-state index in [0.717, 1.165) is 23.8 Å². The van der Waals surface area contributed by atoms with Gasteiger partial charge in [-0.2, -0.15) is 0 Å². The van der Waals surface area contributed by atoms with Gasteiger partial charge in [0.1, 0.15) is 0 Å². The first-order chi connectivity index (χ1) is 5.36. The molecule has 0 aliphatic carbocycles. The molecular formula is C9H6NZn. The Bertz CT molecular complexity index is 384. The van der Waals surface area contributed by atoms with Crippen molar-refractivity contribution in [3.63, 3.8) is 0 Å². The van der Waals surface area contributed by atoms with E-state index in [0.29, 0.717) is 0 Å². The summed E-state index contributed by atoms with van der Waals surface area (Å²) in [5.74, 6) is 0. The zero-order valence-corrected chi connectivity index (χ0v) is 9.09. The number of para-hydroxylation sites is 1. The average Bonchev–Trinajstić information content (AvgIpc) is 2.04. The van der Waals surface area contributed by atoms with Crippen LogP contribution in [0.1, 0.15) is 0 Å². The zero-order chi connectivity index (χ0) is 7.68. The van der Waals surface area contributed by atoms with Gasteiger partial charge in [0, 0.05) is 0 Å². The van der Waals surface area contributed by atoms with Crippen molar-refractivity contribution >= 4 is 15.2 Å². The van der Waals surface area contributed by atoms with Crippen molar-refractivity contribution in [2.45, 2.75) is 0 Å². The minimum absolute atomic E-state index is 1.11. The van der Waals surface area contributed by atoms with E-state index in [2.05, 4.69) is 29.2 Å². The zero-order valence-electron chi connectivity index (χ0n) is 6.12. The van der Waals surface area contributed by atoms with Crippen LogP contribution in [-0.4, -0.2) is 4.98 Å². The Morgan fingerprint density at radius 3 is 2.73 bits per heavy atom. The van der Waals surface area contributed by atoms with E-state index in [1.54, 1.807) is 0 Å². The number of hydrogen-bond donors (Lipinski definition) is 0. The Kier molecular flexibility index (Phi) is 1.71. The minimum atomic E-state index is 1.11. The summed E-state index contributed by atoms with van der Waals surface area (Å²) in [5.41, 5.74) is 1.11. The summed E-state index contributed by atoms with van der Waals surface area (Å²) >= 11 is 1.13. The summed E-state index contributed by atoms with van der Waals surface area (Å²) in [6, 6.07) is 12.4. The summed E-state index contributed by atoms with van der Waals surface area (Å²) in [7, 11) is 0. The molecule has 11 heavy (non-hydrogen) atoms. The summed E-state index contributed by atoms with van der Waals surface area (Å²) < 4.78 is 1.20. The molecule has 0 aliphatic rings. The number of aromatic nitrogens is 1. The number of pyridine rings is 1. The van der Waals surface area contributed by atoms with Crippen molar-refractivity contribution in [2.24, 2.45) is 0 Å². The maximum absolute atomic E-state index is 4.43. The summed E-state index contributed by atoms with van der Waals surface area (Å²) in [4.78, 5) is 4.43. The van der Waals surface area contributed by atoms with Crippen molar-refractivity contribution in [1.82, 2.24) is 4.98 Å². The third-order valence-corrected chi connectivity index (χ3v) is 2.48. The average molecular weight is 194 g/mol. The molecule has 0 radical (unpaired) electrons. The molecule has 1 nitrogen and oxygen atoms in total. The van der Waals surface area contributed by atoms with Gasteiger partial charge in [-0.05, 0) is 0 Å². The van der Waals surface area contributed by atoms with Crippen molar-refractivity contribution in [3.8, 4) is 0 Å². The van der Waals surface area contributed by atoms with Crippen LogP contribution in [0.2, 0.25) is 0 Å². The molecule has 0 unspecified atom stereocenters. The van der Waals surface area contributed by atoms with Gasteiger partial charge in [0.05, 0.1) is 0 Å². The second-order valence-electron chi connectivity index (χ2n) is 2.50. The van der Waals surface area contributed by atoms with Crippen LogP contribution in [0.3, 0.4) is 0 Å². The van der Waals surface area contributed by atoms with Gasteiger partial charge in [0.25, 0.3) is 0 Å². The van der Waals surface area contributed by atoms with Crippen LogP contribution < -0.4 is 4.29 Å². The molecule has 1 aromatic heterocycles. The first-order valence-electron chi connectivity index (χ1n) is 3.54. The van der Waals surface area contributed by atoms with Gasteiger partial charge < -0.3 is 0 Å². The normalized spacial score (nSPS) is 10.4. The molecule has 1 aromatic carbocycles. The molecule has 0 bridgehead atoms. The Hall–Kier alpha value is -0.747. The van der Waals surface area contributed by atoms with Crippen LogP contribution >= 0.6 is 0 Å². The SMILES string of the molecule is [Zn][c]1ccc2ccccc2n1. The number of nitrogens with zero attached hydrogens (tertiary/aromatic N) is 1. The second kappa shape index (κ2) is 2.71. The molecule has 0 atom stereocenters. The van der Waals surface area contributed by atoms with E-state index in [1.165, 1.54) is 9.67 Å². The van der Waals surface area contributed by atoms with Crippen LogP contribution in [-0.2, 0) is 18.3 Å². The monoisotopic (exact) mass is 192 g/mol. The fourth-order valence-corrected chi connectivity index (χ4v) is 1.71. The standard InChI is InChI=1S/C9H6N.Zn/c1-2-6-9-8(4-1)5-3-7-10-9;/h1-6H;. The molecule has 2 aromatic rings. The van der Waals surface area contributed by atoms with Crippen molar-refractivity contribution in [1.29, 1.82) is 0 Å². The van der Waals surface area contributed by atoms with Gasteiger partial charge in [-0.15, -0.1) is 0 Å². The molecule has 0 spiro atoms. The van der Waals surface area contributed by atoms with Crippen LogP contribution in [0.25, 0.3) is 10.9 Å². The Morgan fingerprint density at radius 2 is 1.82 bits per heavy atom. The summed E-state index contributed by atoms with van der Waals surface area (Å²) in [6.45, 7) is 0. The first-order valence-corrected chi connectivity index (χ1v) is 5.02. The molecule has 0 saturated heterocycles. The molecule has 0 saturated carbocycles. The third kappa shape index (κ3) is 1.31. The Balaban J connectivity index is 2.83. The number of benzene rings is 1. The van der Waals surface area contributed by atoms with Crippen molar-refractivity contribution in [2.75, 3.05) is 0 Å². The Labute approximate surface area is 75.1 Å². The Morgan fingerprint density at radius 1 is 1.00 bits per heavy atom. The number of rotatable bonds is 0. The van der Waals surface area contributed by atoms with Crippen molar-refractivity contribution < 1.29 is 18.3 Å². The maximum atomic E-state index is 4.43. The van der Waals surface area contributed by atoms with E-state index in [1.807, 2.05) is 12.1 Å². The van der Waals surface area contributed by atoms with E-state index in [9.17, 15) is 0 Å². The van der Waals surface area contributed by atoms with Gasteiger partial charge in [0.15, 0.2) is 0 Å². The number of fused-ring (bicyclic) bond motifs is 1. The predicted octanol–water partition coefficient (Wildman–Crippen LogP) is 1.41. The van der Waals surface area contributed by atoms with Gasteiger partial charge in [-0.25, -0.2) is 0 Å². The summed E-state index contributed by atoms with van der Waals surface area (Å²) in [5, 5.41) is 1.23. The molecule has 49 valence electrons. The third-order valence-electron chi connectivity index (χ3n) is 1.66. The van der Waals surface area contributed by atoms with Crippen LogP contribution in [0, 0.1) is 0 Å². The van der Waals surface area contributed by atoms with Crippen molar-refractivity contribution in [3.05, 3.63) is 36.4 Å². The molecular weight excluding hydrogens is 187 g/mol. The van der Waals surface area contributed by atoms with Gasteiger partial charge in [0.2, 0.25) is 0 Å². The van der Waals surface area contributed by atoms with E-state index >= 15 is 0 Å².